The van der Waals surface area contributed by atoms with Crippen molar-refractivity contribution in [1.29, 1.82) is 0 Å². The van der Waals surface area contributed by atoms with Gasteiger partial charge in [-0.15, -0.1) is 0 Å². The third-order valence-corrected chi connectivity index (χ3v) is 3.10. The Bertz CT molecular complexity index is 666. The van der Waals surface area contributed by atoms with Crippen LogP contribution in [0, 0.1) is 13.8 Å². The first kappa shape index (κ1) is 15.8. The maximum Gasteiger partial charge on any atom is 0.354 e. The summed E-state index contributed by atoms with van der Waals surface area (Å²) in [4.78, 5) is 19.4. The fourth-order valence-electron chi connectivity index (χ4n) is 2.11. The van der Waals surface area contributed by atoms with E-state index >= 15 is 0 Å². The maximum absolute atomic E-state index is 11.1. The molecule has 0 radical (unpaired) electrons. The van der Waals surface area contributed by atoms with E-state index in [1.165, 1.54) is 6.07 Å². The molecule has 6 nitrogen and oxygen atoms in total. The summed E-state index contributed by atoms with van der Waals surface area (Å²) in [5, 5.41) is 12.1. The first-order valence-electron chi connectivity index (χ1n) is 7.05. The van der Waals surface area contributed by atoms with Gasteiger partial charge < -0.3 is 15.2 Å². The number of nitrogens with one attached hydrogen (secondary N) is 1. The molecular formula is C16H19N3O3. The number of hydrogen-bond donors (Lipinski definition) is 2. The quantitative estimate of drug-likeness (QED) is 0.853. The Kier molecular flexibility index (Phi) is 4.93. The van der Waals surface area contributed by atoms with Crippen molar-refractivity contribution in [2.45, 2.75) is 27.4 Å². The van der Waals surface area contributed by atoms with Crippen LogP contribution in [0.5, 0.6) is 5.75 Å². The molecule has 0 fully saturated rings. The Morgan fingerprint density at radius 1 is 1.27 bits per heavy atom. The number of hydrogen-bond acceptors (Lipinski definition) is 5. The lowest BCUT2D eigenvalue weighted by Crippen LogP contribution is -2.11. The van der Waals surface area contributed by atoms with E-state index < -0.39 is 5.97 Å². The first-order valence-corrected chi connectivity index (χ1v) is 7.05. The van der Waals surface area contributed by atoms with Gasteiger partial charge in [0, 0.05) is 12.6 Å². The highest BCUT2D eigenvalue weighted by molar-refractivity contribution is 5.86. The van der Waals surface area contributed by atoms with Gasteiger partial charge >= 0.3 is 5.97 Å². The highest BCUT2D eigenvalue weighted by atomic mass is 16.5. The van der Waals surface area contributed by atoms with E-state index in [0.29, 0.717) is 18.2 Å². The van der Waals surface area contributed by atoms with Gasteiger partial charge in [-0.3, -0.25) is 0 Å². The average Bonchev–Trinajstić information content (AvgIpc) is 2.47. The van der Waals surface area contributed by atoms with Gasteiger partial charge in [-0.2, -0.15) is 0 Å². The topological polar surface area (TPSA) is 84.3 Å². The molecule has 0 saturated heterocycles. The number of para-hydroxylation sites is 1. The number of carboxylic acid groups (broad SMARTS) is 1. The summed E-state index contributed by atoms with van der Waals surface area (Å²) < 4.78 is 5.78. The van der Waals surface area contributed by atoms with Crippen molar-refractivity contribution in [1.82, 2.24) is 9.97 Å². The third-order valence-electron chi connectivity index (χ3n) is 3.10. The average molecular weight is 301 g/mol. The predicted octanol–water partition coefficient (Wildman–Crippen LogP) is 2.80. The van der Waals surface area contributed by atoms with Crippen molar-refractivity contribution in [3.8, 4) is 5.75 Å². The zero-order valence-electron chi connectivity index (χ0n) is 12.9. The molecular weight excluding hydrogens is 282 g/mol. The minimum absolute atomic E-state index is 0.0499. The van der Waals surface area contributed by atoms with Crippen LogP contribution < -0.4 is 10.1 Å². The van der Waals surface area contributed by atoms with Gasteiger partial charge in [0.15, 0.2) is 11.5 Å². The lowest BCUT2D eigenvalue weighted by Gasteiger charge is -2.12. The van der Waals surface area contributed by atoms with E-state index in [1.807, 2.05) is 39.0 Å². The normalized spacial score (nSPS) is 10.3. The molecule has 0 spiro atoms. The van der Waals surface area contributed by atoms with Gasteiger partial charge in [0.2, 0.25) is 0 Å². The summed E-state index contributed by atoms with van der Waals surface area (Å²) in [6, 6.07) is 7.29. The maximum atomic E-state index is 11.1. The smallest absolute Gasteiger partial charge is 0.354 e. The van der Waals surface area contributed by atoms with Crippen LogP contribution in [0.4, 0.5) is 5.82 Å². The number of aromatic carboxylic acids is 1. The number of nitrogens with zero attached hydrogens (tertiary/aromatic N) is 2. The Hall–Kier alpha value is -2.63. The molecule has 2 N–H and O–H groups in total. The van der Waals surface area contributed by atoms with E-state index in [2.05, 4.69) is 15.3 Å². The summed E-state index contributed by atoms with van der Waals surface area (Å²) in [6.45, 7) is 6.59. The van der Waals surface area contributed by atoms with Crippen LogP contribution >= 0.6 is 0 Å². The molecule has 2 rings (SSSR count). The predicted molar refractivity (Wildman–Crippen MR) is 83.4 cm³/mol. The number of carbonyl (C=O) groups is 1. The second kappa shape index (κ2) is 6.89. The number of aromatic nitrogens is 2. The molecule has 0 unspecified atom stereocenters. The molecule has 0 saturated carbocycles. The van der Waals surface area contributed by atoms with Gasteiger partial charge in [0.25, 0.3) is 0 Å². The van der Waals surface area contributed by atoms with E-state index in [0.717, 1.165) is 16.9 Å². The minimum atomic E-state index is -1.09. The Labute approximate surface area is 129 Å². The minimum Gasteiger partial charge on any atom is -0.485 e. The SMILES string of the molecule is CCNc1cc(C(=O)O)nc(COc2c(C)cccc2C)n1. The molecule has 0 aliphatic carbocycles. The van der Waals surface area contributed by atoms with Crippen molar-refractivity contribution in [3.05, 3.63) is 46.9 Å². The van der Waals surface area contributed by atoms with Crippen LogP contribution in [0.15, 0.2) is 24.3 Å². The van der Waals surface area contributed by atoms with Crippen molar-refractivity contribution < 1.29 is 14.6 Å². The second-order valence-electron chi connectivity index (χ2n) is 4.90. The molecule has 2 aromatic rings. The van der Waals surface area contributed by atoms with E-state index in [9.17, 15) is 4.79 Å². The van der Waals surface area contributed by atoms with E-state index in [1.54, 1.807) is 0 Å². The second-order valence-corrected chi connectivity index (χ2v) is 4.90. The van der Waals surface area contributed by atoms with Crippen LogP contribution in [-0.2, 0) is 6.61 Å². The zero-order chi connectivity index (χ0) is 16.1. The zero-order valence-corrected chi connectivity index (χ0v) is 12.9. The van der Waals surface area contributed by atoms with Crippen LogP contribution in [-0.4, -0.2) is 27.6 Å². The van der Waals surface area contributed by atoms with E-state index in [4.69, 9.17) is 9.84 Å². The molecule has 1 heterocycles. The molecule has 0 aliphatic rings. The molecule has 1 aromatic carbocycles. The highest BCUT2D eigenvalue weighted by Crippen LogP contribution is 2.23. The third kappa shape index (κ3) is 3.72. The molecule has 6 heteroatoms. The fourth-order valence-corrected chi connectivity index (χ4v) is 2.11. The molecule has 22 heavy (non-hydrogen) atoms. The molecule has 0 amide bonds. The fraction of sp³-hybridized carbons (Fsp3) is 0.312. The summed E-state index contributed by atoms with van der Waals surface area (Å²) in [5.74, 6) is 0.500. The van der Waals surface area contributed by atoms with Gasteiger partial charge in [0.05, 0.1) is 0 Å². The summed E-state index contributed by atoms with van der Waals surface area (Å²) >= 11 is 0. The molecule has 116 valence electrons. The monoisotopic (exact) mass is 301 g/mol. The molecule has 1 aromatic heterocycles. The van der Waals surface area contributed by atoms with Crippen molar-refractivity contribution >= 4 is 11.8 Å². The van der Waals surface area contributed by atoms with Crippen molar-refractivity contribution in [2.24, 2.45) is 0 Å². The lowest BCUT2D eigenvalue weighted by molar-refractivity contribution is 0.0689. The van der Waals surface area contributed by atoms with Crippen LogP contribution in [0.1, 0.15) is 34.4 Å². The van der Waals surface area contributed by atoms with Crippen LogP contribution in [0.3, 0.4) is 0 Å². The number of aryl methyl sites for hydroxylation is 2. The largest absolute Gasteiger partial charge is 0.485 e. The van der Waals surface area contributed by atoms with Gasteiger partial charge in [-0.1, -0.05) is 18.2 Å². The van der Waals surface area contributed by atoms with Crippen molar-refractivity contribution in [2.75, 3.05) is 11.9 Å². The Balaban J connectivity index is 2.23. The van der Waals surface area contributed by atoms with Crippen LogP contribution in [0.2, 0.25) is 0 Å². The molecule has 0 bridgehead atoms. The number of carboxylic acids is 1. The molecule has 0 atom stereocenters. The van der Waals surface area contributed by atoms with Gasteiger partial charge in [0.1, 0.15) is 18.2 Å². The Morgan fingerprint density at radius 2 is 1.95 bits per heavy atom. The molecule has 0 aliphatic heterocycles. The van der Waals surface area contributed by atoms with E-state index in [-0.39, 0.29) is 12.3 Å². The standard InChI is InChI=1S/C16H19N3O3/c1-4-17-13-8-12(16(20)21)18-14(19-13)9-22-15-10(2)6-5-7-11(15)3/h5-8H,4,9H2,1-3H3,(H,20,21)(H,17,18,19). The van der Waals surface area contributed by atoms with Crippen molar-refractivity contribution in [3.63, 3.8) is 0 Å². The van der Waals surface area contributed by atoms with Gasteiger partial charge in [-0.25, -0.2) is 14.8 Å². The highest BCUT2D eigenvalue weighted by Gasteiger charge is 2.11. The van der Waals surface area contributed by atoms with Gasteiger partial charge in [-0.05, 0) is 31.9 Å². The summed E-state index contributed by atoms with van der Waals surface area (Å²) in [7, 11) is 0. The summed E-state index contributed by atoms with van der Waals surface area (Å²) in [5.41, 5.74) is 1.98. The first-order chi connectivity index (χ1) is 10.5. The number of anilines is 1. The number of rotatable bonds is 6. The van der Waals surface area contributed by atoms with Crippen LogP contribution in [0.25, 0.3) is 0 Å². The Morgan fingerprint density at radius 3 is 2.55 bits per heavy atom. The number of benzene rings is 1. The number of ether oxygens (including phenoxy) is 1. The summed E-state index contributed by atoms with van der Waals surface area (Å²) in [6.07, 6.45) is 0. The lowest BCUT2D eigenvalue weighted by atomic mass is 10.1.